The zero-order valence-electron chi connectivity index (χ0n) is 10.6. The van der Waals surface area contributed by atoms with Crippen molar-refractivity contribution in [3.8, 4) is 0 Å². The first-order valence-electron chi connectivity index (χ1n) is 6.28. The van der Waals surface area contributed by atoms with Crippen molar-refractivity contribution in [2.24, 2.45) is 0 Å². The van der Waals surface area contributed by atoms with E-state index in [2.05, 4.69) is 51.6 Å². The average Bonchev–Trinajstić information content (AvgIpc) is 2.83. The first kappa shape index (κ1) is 11.2. The summed E-state index contributed by atoms with van der Waals surface area (Å²) in [5, 5.41) is 3.14. The predicted molar refractivity (Wildman–Crippen MR) is 73.3 cm³/mol. The minimum absolute atomic E-state index is 0.814. The maximum absolute atomic E-state index is 4.36. The third-order valence-electron chi connectivity index (χ3n) is 3.36. The fraction of sp³-hybridized carbons (Fsp3) is 0.267. The van der Waals surface area contributed by atoms with Gasteiger partial charge in [-0.05, 0) is 30.3 Å². The first-order chi connectivity index (χ1) is 8.86. The summed E-state index contributed by atoms with van der Waals surface area (Å²) in [6.45, 7) is 2.81. The topological polar surface area (TPSA) is 28.2 Å². The van der Waals surface area contributed by atoms with Gasteiger partial charge in [-0.25, -0.2) is 0 Å². The Morgan fingerprint density at radius 1 is 1.17 bits per heavy atom. The van der Waals surface area contributed by atoms with E-state index in [1.165, 1.54) is 16.8 Å². The van der Waals surface area contributed by atoms with Crippen LogP contribution in [0.1, 0.15) is 16.8 Å². The van der Waals surface area contributed by atoms with E-state index in [0.29, 0.717) is 0 Å². The molecule has 1 aromatic carbocycles. The van der Waals surface area contributed by atoms with Gasteiger partial charge in [-0.3, -0.25) is 4.98 Å². The van der Waals surface area contributed by atoms with Crippen molar-refractivity contribution < 1.29 is 0 Å². The quantitative estimate of drug-likeness (QED) is 0.891. The number of nitrogens with zero attached hydrogens (tertiary/aromatic N) is 2. The van der Waals surface area contributed by atoms with E-state index in [-0.39, 0.29) is 0 Å². The SMILES string of the molecule is CNCc1cc(N2Cc3ccccc3C2)ccn1. The zero-order chi connectivity index (χ0) is 12.4. The lowest BCUT2D eigenvalue weighted by Gasteiger charge is -2.18. The minimum atomic E-state index is 0.814. The fourth-order valence-corrected chi connectivity index (χ4v) is 2.46. The molecule has 0 spiro atoms. The van der Waals surface area contributed by atoms with Crippen molar-refractivity contribution in [2.45, 2.75) is 19.6 Å². The lowest BCUT2D eigenvalue weighted by molar-refractivity contribution is 0.786. The van der Waals surface area contributed by atoms with Gasteiger partial charge in [-0.1, -0.05) is 24.3 Å². The van der Waals surface area contributed by atoms with Crippen molar-refractivity contribution in [1.82, 2.24) is 10.3 Å². The van der Waals surface area contributed by atoms with Crippen LogP contribution in [0.2, 0.25) is 0 Å². The minimum Gasteiger partial charge on any atom is -0.363 e. The summed E-state index contributed by atoms with van der Waals surface area (Å²) in [5.74, 6) is 0. The van der Waals surface area contributed by atoms with Crippen molar-refractivity contribution in [1.29, 1.82) is 0 Å². The van der Waals surface area contributed by atoms with Gasteiger partial charge >= 0.3 is 0 Å². The number of hydrogen-bond acceptors (Lipinski definition) is 3. The van der Waals surface area contributed by atoms with E-state index >= 15 is 0 Å². The summed E-state index contributed by atoms with van der Waals surface area (Å²) in [4.78, 5) is 6.75. The Bertz CT molecular complexity index is 526. The molecular formula is C15H17N3. The molecule has 1 aliphatic heterocycles. The Morgan fingerprint density at radius 2 is 1.89 bits per heavy atom. The molecule has 1 aliphatic rings. The molecule has 0 unspecified atom stereocenters. The monoisotopic (exact) mass is 239 g/mol. The van der Waals surface area contributed by atoms with E-state index in [1.54, 1.807) is 0 Å². The highest BCUT2D eigenvalue weighted by molar-refractivity contribution is 5.51. The van der Waals surface area contributed by atoms with Crippen molar-refractivity contribution >= 4 is 5.69 Å². The maximum Gasteiger partial charge on any atom is 0.0562 e. The van der Waals surface area contributed by atoms with Crippen LogP contribution in [-0.2, 0) is 19.6 Å². The number of aromatic nitrogens is 1. The highest BCUT2D eigenvalue weighted by Gasteiger charge is 2.18. The summed E-state index contributed by atoms with van der Waals surface area (Å²) in [5.41, 5.74) is 5.21. The van der Waals surface area contributed by atoms with Gasteiger partial charge in [0, 0.05) is 31.5 Å². The Hall–Kier alpha value is -1.87. The predicted octanol–water partition coefficient (Wildman–Crippen LogP) is 2.32. The molecule has 18 heavy (non-hydrogen) atoms. The number of benzene rings is 1. The van der Waals surface area contributed by atoms with Crippen molar-refractivity contribution in [3.63, 3.8) is 0 Å². The smallest absolute Gasteiger partial charge is 0.0562 e. The second kappa shape index (κ2) is 4.78. The molecule has 0 bridgehead atoms. The Labute approximate surface area is 107 Å². The molecule has 0 aliphatic carbocycles. The molecule has 0 saturated heterocycles. The largest absolute Gasteiger partial charge is 0.363 e. The third-order valence-corrected chi connectivity index (χ3v) is 3.36. The van der Waals surface area contributed by atoms with Gasteiger partial charge in [0.05, 0.1) is 5.69 Å². The highest BCUT2D eigenvalue weighted by Crippen LogP contribution is 2.27. The summed E-state index contributed by atoms with van der Waals surface area (Å²) >= 11 is 0. The number of hydrogen-bond donors (Lipinski definition) is 1. The number of pyridine rings is 1. The van der Waals surface area contributed by atoms with Gasteiger partial charge in [0.25, 0.3) is 0 Å². The van der Waals surface area contributed by atoms with Crippen molar-refractivity contribution in [2.75, 3.05) is 11.9 Å². The molecule has 2 aromatic rings. The van der Waals surface area contributed by atoms with Crippen LogP contribution < -0.4 is 10.2 Å². The lowest BCUT2D eigenvalue weighted by atomic mass is 10.1. The summed E-state index contributed by atoms with van der Waals surface area (Å²) < 4.78 is 0. The average molecular weight is 239 g/mol. The number of fused-ring (bicyclic) bond motifs is 1. The van der Waals surface area contributed by atoms with Crippen LogP contribution in [0.5, 0.6) is 0 Å². The molecule has 0 amide bonds. The molecule has 0 radical (unpaired) electrons. The molecule has 0 atom stereocenters. The highest BCUT2D eigenvalue weighted by atomic mass is 15.1. The molecule has 92 valence electrons. The Kier molecular flexibility index (Phi) is 2.99. The number of nitrogens with one attached hydrogen (secondary N) is 1. The second-order valence-corrected chi connectivity index (χ2v) is 4.66. The van der Waals surface area contributed by atoms with Gasteiger partial charge in [-0.2, -0.15) is 0 Å². The zero-order valence-corrected chi connectivity index (χ0v) is 10.6. The third kappa shape index (κ3) is 2.09. The van der Waals surface area contributed by atoms with Gasteiger partial charge in [0.1, 0.15) is 0 Å². The Morgan fingerprint density at radius 3 is 2.56 bits per heavy atom. The molecule has 3 nitrogen and oxygen atoms in total. The van der Waals surface area contributed by atoms with Crippen LogP contribution in [0, 0.1) is 0 Å². The maximum atomic E-state index is 4.36. The number of rotatable bonds is 3. The van der Waals surface area contributed by atoms with E-state index in [4.69, 9.17) is 0 Å². The van der Waals surface area contributed by atoms with Gasteiger partial charge < -0.3 is 10.2 Å². The normalized spacial score (nSPS) is 13.7. The molecule has 1 aromatic heterocycles. The van der Waals surface area contributed by atoms with Crippen LogP contribution in [0.15, 0.2) is 42.6 Å². The standard InChI is InChI=1S/C15H17N3/c1-16-9-14-8-15(6-7-17-14)18-10-12-4-2-3-5-13(12)11-18/h2-8,16H,9-11H2,1H3. The van der Waals surface area contributed by atoms with E-state index < -0.39 is 0 Å². The molecular weight excluding hydrogens is 222 g/mol. The van der Waals surface area contributed by atoms with Gasteiger partial charge in [0.15, 0.2) is 0 Å². The fourth-order valence-electron chi connectivity index (χ4n) is 2.46. The second-order valence-electron chi connectivity index (χ2n) is 4.66. The van der Waals surface area contributed by atoms with Crippen molar-refractivity contribution in [3.05, 3.63) is 59.4 Å². The molecule has 3 rings (SSSR count). The molecule has 3 heteroatoms. The lowest BCUT2D eigenvalue weighted by Crippen LogP contribution is -2.15. The van der Waals surface area contributed by atoms with Crippen LogP contribution >= 0.6 is 0 Å². The molecule has 1 N–H and O–H groups in total. The number of anilines is 1. The first-order valence-corrected chi connectivity index (χ1v) is 6.28. The Balaban J connectivity index is 1.83. The van der Waals surface area contributed by atoms with Crippen LogP contribution in [-0.4, -0.2) is 12.0 Å². The van der Waals surface area contributed by atoms with E-state index in [9.17, 15) is 0 Å². The van der Waals surface area contributed by atoms with Gasteiger partial charge in [0.2, 0.25) is 0 Å². The molecule has 0 saturated carbocycles. The summed E-state index contributed by atoms with van der Waals surface area (Å²) in [6, 6.07) is 12.9. The van der Waals surface area contributed by atoms with Crippen LogP contribution in [0.3, 0.4) is 0 Å². The molecule has 0 fully saturated rings. The summed E-state index contributed by atoms with van der Waals surface area (Å²) in [6.07, 6.45) is 1.89. The molecule has 2 heterocycles. The van der Waals surface area contributed by atoms with Gasteiger partial charge in [-0.15, -0.1) is 0 Å². The van der Waals surface area contributed by atoms with E-state index in [0.717, 1.165) is 25.3 Å². The summed E-state index contributed by atoms with van der Waals surface area (Å²) in [7, 11) is 1.94. The van der Waals surface area contributed by atoms with Crippen LogP contribution in [0.4, 0.5) is 5.69 Å². The van der Waals surface area contributed by atoms with Crippen LogP contribution in [0.25, 0.3) is 0 Å². The van der Waals surface area contributed by atoms with E-state index in [1.807, 2.05) is 13.2 Å².